The van der Waals surface area contributed by atoms with E-state index >= 15 is 0 Å². The van der Waals surface area contributed by atoms with Crippen molar-refractivity contribution in [2.45, 2.75) is 24.7 Å². The van der Waals surface area contributed by atoms with Crippen LogP contribution in [0.3, 0.4) is 0 Å². The maximum atomic E-state index is 12.1. The first-order valence-corrected chi connectivity index (χ1v) is 7.88. The molecular formula is C14H19ClN2OS. The van der Waals surface area contributed by atoms with Crippen LogP contribution in [0.4, 0.5) is 5.69 Å². The molecule has 0 spiro atoms. The van der Waals surface area contributed by atoms with E-state index in [2.05, 4.69) is 6.92 Å². The van der Waals surface area contributed by atoms with Crippen LogP contribution in [0.15, 0.2) is 23.1 Å². The minimum Gasteiger partial charge on any atom is -0.399 e. The van der Waals surface area contributed by atoms with Crippen molar-refractivity contribution < 1.29 is 4.79 Å². The van der Waals surface area contributed by atoms with Crippen molar-refractivity contribution >= 4 is 35.0 Å². The Balaban J connectivity index is 1.91. The molecule has 19 heavy (non-hydrogen) atoms. The Labute approximate surface area is 123 Å². The van der Waals surface area contributed by atoms with Gasteiger partial charge in [-0.15, -0.1) is 11.8 Å². The van der Waals surface area contributed by atoms with Crippen molar-refractivity contribution in [3.8, 4) is 0 Å². The molecule has 1 unspecified atom stereocenters. The number of hydrogen-bond donors (Lipinski definition) is 1. The molecule has 104 valence electrons. The highest BCUT2D eigenvalue weighted by Gasteiger charge is 2.20. The lowest BCUT2D eigenvalue weighted by molar-refractivity contribution is -0.130. The number of benzene rings is 1. The number of nitrogens with zero attached hydrogens (tertiary/aromatic N) is 1. The van der Waals surface area contributed by atoms with Gasteiger partial charge in [0.15, 0.2) is 0 Å². The fourth-order valence-corrected chi connectivity index (χ4v) is 3.45. The number of anilines is 1. The smallest absolute Gasteiger partial charge is 0.232 e. The van der Waals surface area contributed by atoms with Crippen molar-refractivity contribution in [3.63, 3.8) is 0 Å². The van der Waals surface area contributed by atoms with Crippen molar-refractivity contribution in [1.29, 1.82) is 0 Å². The van der Waals surface area contributed by atoms with Crippen LogP contribution in [0.25, 0.3) is 0 Å². The Morgan fingerprint density at radius 1 is 1.58 bits per heavy atom. The van der Waals surface area contributed by atoms with E-state index in [9.17, 15) is 4.79 Å². The Morgan fingerprint density at radius 2 is 2.37 bits per heavy atom. The van der Waals surface area contributed by atoms with Gasteiger partial charge in [-0.3, -0.25) is 4.79 Å². The molecule has 1 aromatic rings. The number of thioether (sulfide) groups is 1. The second kappa shape index (κ2) is 6.53. The minimum atomic E-state index is 0.190. The molecule has 0 aliphatic carbocycles. The number of halogens is 1. The van der Waals surface area contributed by atoms with E-state index in [-0.39, 0.29) is 5.91 Å². The van der Waals surface area contributed by atoms with Crippen molar-refractivity contribution in [2.24, 2.45) is 5.92 Å². The summed E-state index contributed by atoms with van der Waals surface area (Å²) in [6, 6.07) is 5.35. The SMILES string of the molecule is CC1CCCN(C(=O)CSc2cc(N)ccc2Cl)C1. The molecule has 1 atom stereocenters. The number of rotatable bonds is 3. The first kappa shape index (κ1) is 14.5. The summed E-state index contributed by atoms with van der Waals surface area (Å²) in [4.78, 5) is 15.0. The fourth-order valence-electron chi connectivity index (χ4n) is 2.28. The predicted octanol–water partition coefficient (Wildman–Crippen LogP) is 3.27. The largest absolute Gasteiger partial charge is 0.399 e. The van der Waals surface area contributed by atoms with Crippen molar-refractivity contribution in [2.75, 3.05) is 24.6 Å². The lowest BCUT2D eigenvalue weighted by Gasteiger charge is -2.30. The molecule has 0 bridgehead atoms. The standard InChI is InChI=1S/C14H19ClN2OS/c1-10-3-2-6-17(8-10)14(18)9-19-13-7-11(16)4-5-12(13)15/h4-5,7,10H,2-3,6,8-9,16H2,1H3. The van der Waals surface area contributed by atoms with Crippen LogP contribution in [0.1, 0.15) is 19.8 Å². The van der Waals surface area contributed by atoms with Crippen LogP contribution >= 0.6 is 23.4 Å². The number of nitrogens with two attached hydrogens (primary N) is 1. The fraction of sp³-hybridized carbons (Fsp3) is 0.500. The van der Waals surface area contributed by atoms with Crippen molar-refractivity contribution in [1.82, 2.24) is 4.90 Å². The highest BCUT2D eigenvalue weighted by Crippen LogP contribution is 2.29. The van der Waals surface area contributed by atoms with E-state index < -0.39 is 0 Å². The van der Waals surface area contributed by atoms with Gasteiger partial charge < -0.3 is 10.6 Å². The molecule has 3 nitrogen and oxygen atoms in total. The molecule has 0 saturated carbocycles. The van der Waals surface area contributed by atoms with E-state index in [0.29, 0.717) is 22.4 Å². The second-order valence-corrected chi connectivity index (χ2v) is 6.49. The molecule has 2 N–H and O–H groups in total. The third kappa shape index (κ3) is 4.05. The van der Waals surface area contributed by atoms with Gasteiger partial charge in [0.1, 0.15) is 0 Å². The Hall–Kier alpha value is -0.870. The van der Waals surface area contributed by atoms with Gasteiger partial charge in [0.2, 0.25) is 5.91 Å². The molecule has 1 aromatic carbocycles. The van der Waals surface area contributed by atoms with Crippen LogP contribution in [-0.4, -0.2) is 29.6 Å². The maximum absolute atomic E-state index is 12.1. The zero-order chi connectivity index (χ0) is 13.8. The highest BCUT2D eigenvalue weighted by atomic mass is 35.5. The van der Waals surface area contributed by atoms with Crippen LogP contribution < -0.4 is 5.73 Å². The van der Waals surface area contributed by atoms with Gasteiger partial charge in [-0.25, -0.2) is 0 Å². The third-order valence-corrected chi connectivity index (χ3v) is 4.80. The van der Waals surface area contributed by atoms with Crippen LogP contribution in [0, 0.1) is 5.92 Å². The molecule has 5 heteroatoms. The summed E-state index contributed by atoms with van der Waals surface area (Å²) in [6.45, 7) is 3.96. The first-order chi connectivity index (χ1) is 9.06. The molecular weight excluding hydrogens is 280 g/mol. The van der Waals surface area contributed by atoms with E-state index in [1.807, 2.05) is 11.0 Å². The predicted molar refractivity (Wildman–Crippen MR) is 81.6 cm³/mol. The van der Waals surface area contributed by atoms with E-state index in [0.717, 1.165) is 24.4 Å². The Morgan fingerprint density at radius 3 is 3.11 bits per heavy atom. The quantitative estimate of drug-likeness (QED) is 0.688. The van der Waals surface area contributed by atoms with Gasteiger partial charge in [0.25, 0.3) is 0 Å². The lowest BCUT2D eigenvalue weighted by Crippen LogP contribution is -2.40. The molecule has 1 saturated heterocycles. The van der Waals surface area contributed by atoms with Crippen molar-refractivity contribution in [3.05, 3.63) is 23.2 Å². The van der Waals surface area contributed by atoms with E-state index in [1.54, 1.807) is 12.1 Å². The minimum absolute atomic E-state index is 0.190. The summed E-state index contributed by atoms with van der Waals surface area (Å²) in [5.74, 6) is 1.23. The number of hydrogen-bond acceptors (Lipinski definition) is 3. The summed E-state index contributed by atoms with van der Waals surface area (Å²) in [5.41, 5.74) is 6.40. The molecule has 1 aliphatic heterocycles. The average molecular weight is 299 g/mol. The highest BCUT2D eigenvalue weighted by molar-refractivity contribution is 8.00. The van der Waals surface area contributed by atoms with Gasteiger partial charge in [0.05, 0.1) is 10.8 Å². The Bertz CT molecular complexity index is 467. The second-order valence-electron chi connectivity index (χ2n) is 5.07. The summed E-state index contributed by atoms with van der Waals surface area (Å²) < 4.78 is 0. The average Bonchev–Trinajstić information content (AvgIpc) is 2.39. The monoisotopic (exact) mass is 298 g/mol. The number of carbonyl (C=O) groups excluding carboxylic acids is 1. The zero-order valence-electron chi connectivity index (χ0n) is 11.1. The number of nitrogen functional groups attached to an aromatic ring is 1. The van der Waals surface area contributed by atoms with Gasteiger partial charge in [-0.1, -0.05) is 18.5 Å². The number of carbonyl (C=O) groups is 1. The van der Waals surface area contributed by atoms with Crippen LogP contribution in [0.5, 0.6) is 0 Å². The Kier molecular flexibility index (Phi) is 4.99. The normalized spacial score (nSPS) is 19.5. The van der Waals surface area contributed by atoms with Crippen LogP contribution in [-0.2, 0) is 4.79 Å². The zero-order valence-corrected chi connectivity index (χ0v) is 12.6. The van der Waals surface area contributed by atoms with Gasteiger partial charge >= 0.3 is 0 Å². The van der Waals surface area contributed by atoms with E-state index in [4.69, 9.17) is 17.3 Å². The van der Waals surface area contributed by atoms with Gasteiger partial charge in [-0.05, 0) is 37.0 Å². The number of piperidine rings is 1. The van der Waals surface area contributed by atoms with Gasteiger partial charge in [-0.2, -0.15) is 0 Å². The lowest BCUT2D eigenvalue weighted by atomic mass is 10.0. The molecule has 0 aromatic heterocycles. The summed E-state index contributed by atoms with van der Waals surface area (Å²) in [6.07, 6.45) is 2.33. The van der Waals surface area contributed by atoms with E-state index in [1.165, 1.54) is 18.2 Å². The van der Waals surface area contributed by atoms with Crippen LogP contribution in [0.2, 0.25) is 5.02 Å². The third-order valence-electron chi connectivity index (χ3n) is 3.32. The molecule has 2 rings (SSSR count). The molecule has 1 fully saturated rings. The van der Waals surface area contributed by atoms with Gasteiger partial charge in [0, 0.05) is 23.7 Å². The number of amides is 1. The summed E-state index contributed by atoms with van der Waals surface area (Å²) in [7, 11) is 0. The summed E-state index contributed by atoms with van der Waals surface area (Å²) in [5, 5.41) is 0.652. The maximum Gasteiger partial charge on any atom is 0.232 e. The first-order valence-electron chi connectivity index (χ1n) is 6.52. The molecule has 1 amide bonds. The molecule has 0 radical (unpaired) electrons. The number of likely N-dealkylation sites (tertiary alicyclic amines) is 1. The summed E-state index contributed by atoms with van der Waals surface area (Å²) >= 11 is 7.55. The topological polar surface area (TPSA) is 46.3 Å². The molecule has 1 aliphatic rings. The molecule has 1 heterocycles.